The zero-order chi connectivity index (χ0) is 15.9. The van der Waals surface area contributed by atoms with Gasteiger partial charge in [0.1, 0.15) is 11.8 Å². The Bertz CT molecular complexity index is 370. The Hall–Kier alpha value is -1.71. The van der Waals surface area contributed by atoms with E-state index in [0.29, 0.717) is 0 Å². The summed E-state index contributed by atoms with van der Waals surface area (Å²) < 4.78 is 0. The van der Waals surface area contributed by atoms with Crippen LogP contribution in [0, 0.1) is 0 Å². The number of rotatable bonds is 10. The molecule has 0 amide bonds. The van der Waals surface area contributed by atoms with Crippen LogP contribution < -0.4 is 11.1 Å². The van der Waals surface area contributed by atoms with Crippen molar-refractivity contribution in [3.8, 4) is 0 Å². The maximum absolute atomic E-state index is 11.0. The van der Waals surface area contributed by atoms with Gasteiger partial charge in [0.25, 0.3) is 0 Å². The smallest absolute Gasteiger partial charge is 0.320 e. The highest BCUT2D eigenvalue weighted by Crippen LogP contribution is 2.12. The minimum atomic E-state index is -1.82. The number of carbonyl (C=O) groups is 3. The molecule has 0 saturated carbocycles. The van der Waals surface area contributed by atoms with E-state index >= 15 is 0 Å². The molecule has 0 bridgehead atoms. The van der Waals surface area contributed by atoms with Crippen LogP contribution in [0.2, 0.25) is 0 Å². The molecule has 9 nitrogen and oxygen atoms in total. The third-order valence-corrected chi connectivity index (χ3v) is 2.80. The molecule has 0 heterocycles. The summed E-state index contributed by atoms with van der Waals surface area (Å²) in [5.41, 5.74) is 3.80. The van der Waals surface area contributed by atoms with Crippen LogP contribution in [0.4, 0.5) is 0 Å². The Morgan fingerprint density at radius 1 is 1.10 bits per heavy atom. The lowest BCUT2D eigenvalue weighted by Crippen LogP contribution is -2.60. The molecule has 0 saturated heterocycles. The maximum Gasteiger partial charge on any atom is 0.320 e. The van der Waals surface area contributed by atoms with Crippen molar-refractivity contribution in [1.29, 1.82) is 0 Å². The molecule has 3 atom stereocenters. The Balaban J connectivity index is 4.60. The summed E-state index contributed by atoms with van der Waals surface area (Å²) in [5, 5.41) is 38.4. The normalized spacial score (nSPS) is 16.9. The zero-order valence-electron chi connectivity index (χ0n) is 11.1. The molecule has 0 aromatic carbocycles. The summed E-state index contributed by atoms with van der Waals surface area (Å²) in [7, 11) is 0. The van der Waals surface area contributed by atoms with Crippen LogP contribution in [0.3, 0.4) is 0 Å². The van der Waals surface area contributed by atoms with E-state index in [-0.39, 0.29) is 25.7 Å². The highest BCUT2D eigenvalue weighted by atomic mass is 16.4. The molecule has 0 rings (SSSR count). The lowest BCUT2D eigenvalue weighted by Gasteiger charge is -2.33. The van der Waals surface area contributed by atoms with Gasteiger partial charge in [0, 0.05) is 18.9 Å². The van der Waals surface area contributed by atoms with Crippen molar-refractivity contribution >= 4 is 17.9 Å². The number of hydrogen-bond acceptors (Lipinski definition) is 6. The third kappa shape index (κ3) is 7.02. The van der Waals surface area contributed by atoms with E-state index in [4.69, 9.17) is 21.1 Å². The fourth-order valence-electron chi connectivity index (χ4n) is 1.55. The van der Waals surface area contributed by atoms with Crippen LogP contribution in [0.5, 0.6) is 0 Å². The second-order valence-corrected chi connectivity index (χ2v) is 4.65. The van der Waals surface area contributed by atoms with Gasteiger partial charge in [0.05, 0.1) is 0 Å². The van der Waals surface area contributed by atoms with Crippen LogP contribution in [0.1, 0.15) is 32.6 Å². The van der Waals surface area contributed by atoms with Crippen molar-refractivity contribution in [3.63, 3.8) is 0 Å². The average Bonchev–Trinajstić information content (AvgIpc) is 2.30. The fourth-order valence-corrected chi connectivity index (χ4v) is 1.55. The summed E-state index contributed by atoms with van der Waals surface area (Å²) in [5.74, 6) is -3.57. The van der Waals surface area contributed by atoms with Gasteiger partial charge in [0.15, 0.2) is 0 Å². The summed E-state index contributed by atoms with van der Waals surface area (Å²) in [6.07, 6.45) is -0.941. The number of nitrogens with two attached hydrogens (primary N) is 1. The predicted molar refractivity (Wildman–Crippen MR) is 66.9 cm³/mol. The molecular formula is C11H20N2O7. The van der Waals surface area contributed by atoms with Crippen molar-refractivity contribution in [1.82, 2.24) is 5.32 Å². The van der Waals surface area contributed by atoms with Crippen LogP contribution in [-0.2, 0) is 14.4 Å². The monoisotopic (exact) mass is 292 g/mol. The van der Waals surface area contributed by atoms with Crippen LogP contribution in [0.25, 0.3) is 0 Å². The van der Waals surface area contributed by atoms with Gasteiger partial charge in [-0.25, -0.2) is 0 Å². The number of aliphatic carboxylic acids is 3. The molecule has 20 heavy (non-hydrogen) atoms. The first-order chi connectivity index (χ1) is 9.06. The Labute approximate surface area is 115 Å². The molecule has 9 heteroatoms. The standard InChI is InChI=1S/C11H20N2O7/c1-11(20,7(12)3-5-9(16)17)13-6(10(18)19)2-4-8(14)15/h6-7,13,20H,2-5,12H2,1H3,(H,14,15)(H,16,17)(H,18,19). The molecule has 0 fully saturated rings. The Morgan fingerprint density at radius 3 is 1.95 bits per heavy atom. The van der Waals surface area contributed by atoms with Crippen molar-refractivity contribution < 1.29 is 34.8 Å². The minimum absolute atomic E-state index is 0.0550. The van der Waals surface area contributed by atoms with E-state index in [1.807, 2.05) is 0 Å². The van der Waals surface area contributed by atoms with Gasteiger partial charge in [-0.05, 0) is 19.8 Å². The van der Waals surface area contributed by atoms with Crippen LogP contribution in [0.15, 0.2) is 0 Å². The maximum atomic E-state index is 11.0. The quantitative estimate of drug-likeness (QED) is 0.270. The number of carboxylic acid groups (broad SMARTS) is 3. The number of hydrogen-bond donors (Lipinski definition) is 6. The molecule has 0 spiro atoms. The summed E-state index contributed by atoms with van der Waals surface area (Å²) >= 11 is 0. The molecular weight excluding hydrogens is 272 g/mol. The topological polar surface area (TPSA) is 170 Å². The van der Waals surface area contributed by atoms with E-state index in [1.165, 1.54) is 6.92 Å². The van der Waals surface area contributed by atoms with Crippen LogP contribution in [-0.4, -0.2) is 56.1 Å². The van der Waals surface area contributed by atoms with Crippen molar-refractivity contribution in [3.05, 3.63) is 0 Å². The molecule has 7 N–H and O–H groups in total. The minimum Gasteiger partial charge on any atom is -0.481 e. The van der Waals surface area contributed by atoms with E-state index in [1.54, 1.807) is 0 Å². The van der Waals surface area contributed by atoms with Gasteiger partial charge < -0.3 is 26.2 Å². The van der Waals surface area contributed by atoms with Crippen molar-refractivity contribution in [2.75, 3.05) is 0 Å². The van der Waals surface area contributed by atoms with Gasteiger partial charge in [0.2, 0.25) is 0 Å². The first-order valence-corrected chi connectivity index (χ1v) is 5.98. The van der Waals surface area contributed by atoms with Gasteiger partial charge in [-0.2, -0.15) is 0 Å². The first-order valence-electron chi connectivity index (χ1n) is 5.98. The fraction of sp³-hybridized carbons (Fsp3) is 0.727. The van der Waals surface area contributed by atoms with Gasteiger partial charge in [-0.3, -0.25) is 19.7 Å². The number of aliphatic hydroxyl groups is 1. The lowest BCUT2D eigenvalue weighted by molar-refractivity contribution is -0.144. The van der Waals surface area contributed by atoms with Crippen LogP contribution >= 0.6 is 0 Å². The first kappa shape index (κ1) is 18.3. The highest BCUT2D eigenvalue weighted by molar-refractivity contribution is 5.75. The molecule has 0 aliphatic carbocycles. The summed E-state index contributed by atoms with van der Waals surface area (Å²) in [4.78, 5) is 31.8. The number of nitrogens with one attached hydrogen (secondary N) is 1. The van der Waals surface area contributed by atoms with E-state index in [9.17, 15) is 19.5 Å². The largest absolute Gasteiger partial charge is 0.481 e. The molecule has 0 radical (unpaired) electrons. The third-order valence-electron chi connectivity index (χ3n) is 2.80. The van der Waals surface area contributed by atoms with Crippen molar-refractivity contribution in [2.45, 2.75) is 50.4 Å². The predicted octanol–water partition coefficient (Wildman–Crippen LogP) is -1.21. The molecule has 3 unspecified atom stereocenters. The number of carboxylic acids is 3. The van der Waals surface area contributed by atoms with Gasteiger partial charge >= 0.3 is 17.9 Å². The summed E-state index contributed by atoms with van der Waals surface area (Å²) in [6, 6.07) is -2.30. The highest BCUT2D eigenvalue weighted by Gasteiger charge is 2.34. The average molecular weight is 292 g/mol. The second-order valence-electron chi connectivity index (χ2n) is 4.65. The summed E-state index contributed by atoms with van der Waals surface area (Å²) in [6.45, 7) is 1.22. The molecule has 0 aliphatic heterocycles. The lowest BCUT2D eigenvalue weighted by atomic mass is 9.99. The van der Waals surface area contributed by atoms with Gasteiger partial charge in [-0.1, -0.05) is 0 Å². The molecule has 0 aromatic rings. The molecule has 0 aromatic heterocycles. The molecule has 0 aliphatic rings. The zero-order valence-corrected chi connectivity index (χ0v) is 11.1. The van der Waals surface area contributed by atoms with Gasteiger partial charge in [-0.15, -0.1) is 0 Å². The Morgan fingerprint density at radius 2 is 1.55 bits per heavy atom. The SMILES string of the molecule is CC(O)(NC(CCC(=O)O)C(=O)O)C(N)CCC(=O)O. The van der Waals surface area contributed by atoms with E-state index < -0.39 is 35.7 Å². The Kier molecular flexibility index (Phi) is 7.11. The van der Waals surface area contributed by atoms with Crippen molar-refractivity contribution in [2.24, 2.45) is 5.73 Å². The van der Waals surface area contributed by atoms with E-state index in [2.05, 4.69) is 5.32 Å². The molecule has 116 valence electrons. The van der Waals surface area contributed by atoms with E-state index in [0.717, 1.165) is 0 Å². The second kappa shape index (κ2) is 7.78.